The van der Waals surface area contributed by atoms with Crippen LogP contribution in [-0.2, 0) is 11.0 Å². The van der Waals surface area contributed by atoms with Gasteiger partial charge in [0.25, 0.3) is 5.91 Å². The van der Waals surface area contributed by atoms with Crippen LogP contribution in [0.4, 0.5) is 32.0 Å². The quantitative estimate of drug-likeness (QED) is 0.198. The first-order valence-electron chi connectivity index (χ1n) is 14.8. The van der Waals surface area contributed by atoms with Crippen LogP contribution in [0.25, 0.3) is 17.2 Å². The lowest BCUT2D eigenvalue weighted by Crippen LogP contribution is -2.48. The molecular formula is C36H28F6N2O3. The van der Waals surface area contributed by atoms with E-state index >= 15 is 0 Å². The molecule has 2 aliphatic carbocycles. The Morgan fingerprint density at radius 3 is 2.23 bits per heavy atom. The highest BCUT2D eigenvalue weighted by atomic mass is 19.4. The van der Waals surface area contributed by atoms with E-state index in [1.807, 2.05) is 60.7 Å². The number of fused-ring (bicyclic) bond motifs is 2. The second-order valence-corrected chi connectivity index (χ2v) is 11.6. The fourth-order valence-corrected chi connectivity index (χ4v) is 6.77. The Morgan fingerprint density at radius 2 is 1.51 bits per heavy atom. The van der Waals surface area contributed by atoms with Crippen LogP contribution in [0.1, 0.15) is 34.3 Å². The molecule has 4 aromatic rings. The van der Waals surface area contributed by atoms with Crippen molar-refractivity contribution in [1.29, 1.82) is 0 Å². The molecule has 0 aliphatic heterocycles. The third-order valence-electron chi connectivity index (χ3n) is 8.85. The maximum atomic E-state index is 14.2. The Balaban J connectivity index is 1.36. The Hall–Kier alpha value is -5.06. The second kappa shape index (κ2) is 12.6. The molecule has 242 valence electrons. The van der Waals surface area contributed by atoms with Gasteiger partial charge in [0.15, 0.2) is 11.6 Å². The third kappa shape index (κ3) is 6.34. The van der Waals surface area contributed by atoms with Gasteiger partial charge >= 0.3 is 6.18 Å². The van der Waals surface area contributed by atoms with Crippen LogP contribution in [0.15, 0.2) is 90.5 Å². The first-order valence-corrected chi connectivity index (χ1v) is 14.8. The molecule has 2 fully saturated rings. The molecule has 2 saturated carbocycles. The van der Waals surface area contributed by atoms with Gasteiger partial charge in [-0.05, 0) is 65.8 Å². The molecular weight excluding hydrogens is 622 g/mol. The summed E-state index contributed by atoms with van der Waals surface area (Å²) in [6.45, 7) is 0. The summed E-state index contributed by atoms with van der Waals surface area (Å²) in [5.74, 6) is -7.38. The van der Waals surface area contributed by atoms with E-state index in [0.29, 0.717) is 31.0 Å². The molecule has 5 nitrogen and oxygen atoms in total. The van der Waals surface area contributed by atoms with Gasteiger partial charge in [0.1, 0.15) is 11.6 Å². The molecule has 6 rings (SSSR count). The summed E-state index contributed by atoms with van der Waals surface area (Å²) in [4.78, 5) is 27.3. The summed E-state index contributed by atoms with van der Waals surface area (Å²) < 4.78 is 87.3. The number of anilines is 1. The molecule has 2 bridgehead atoms. The van der Waals surface area contributed by atoms with Gasteiger partial charge in [-0.25, -0.2) is 13.2 Å². The van der Waals surface area contributed by atoms with Gasteiger partial charge in [-0.3, -0.25) is 9.59 Å². The van der Waals surface area contributed by atoms with Gasteiger partial charge in [0.2, 0.25) is 5.91 Å². The van der Waals surface area contributed by atoms with E-state index in [0.717, 1.165) is 34.4 Å². The van der Waals surface area contributed by atoms with Crippen LogP contribution in [0.2, 0.25) is 0 Å². The highest BCUT2D eigenvalue weighted by molar-refractivity contribution is 5.99. The zero-order valence-electron chi connectivity index (χ0n) is 24.9. The number of rotatable bonds is 7. The van der Waals surface area contributed by atoms with Gasteiger partial charge in [0.05, 0.1) is 24.2 Å². The number of amides is 2. The smallest absolute Gasteiger partial charge is 0.419 e. The number of nitrogens with one attached hydrogen (secondary N) is 2. The van der Waals surface area contributed by atoms with Gasteiger partial charge in [-0.15, -0.1) is 0 Å². The Labute approximate surface area is 266 Å². The molecule has 0 saturated heterocycles. The van der Waals surface area contributed by atoms with Crippen molar-refractivity contribution in [2.75, 3.05) is 12.4 Å². The molecule has 2 amide bonds. The summed E-state index contributed by atoms with van der Waals surface area (Å²) in [6, 6.07) is 20.2. The third-order valence-corrected chi connectivity index (χ3v) is 8.85. The molecule has 0 heterocycles. The minimum Gasteiger partial charge on any atom is -0.496 e. The van der Waals surface area contributed by atoms with Crippen molar-refractivity contribution in [1.82, 2.24) is 5.32 Å². The lowest BCUT2D eigenvalue weighted by atomic mass is 9.83. The number of methoxy groups -OCH3 is 1. The first-order chi connectivity index (χ1) is 22.4. The summed E-state index contributed by atoms with van der Waals surface area (Å²) in [5.41, 5.74) is 1.60. The van der Waals surface area contributed by atoms with Crippen molar-refractivity contribution in [3.05, 3.63) is 125 Å². The molecule has 0 radical (unpaired) electrons. The number of carbonyl (C=O) groups excluding carboxylic acids is 2. The van der Waals surface area contributed by atoms with E-state index in [4.69, 9.17) is 4.74 Å². The lowest BCUT2D eigenvalue weighted by molar-refractivity contribution is -0.140. The highest BCUT2D eigenvalue weighted by Crippen LogP contribution is 2.54. The lowest BCUT2D eigenvalue weighted by Gasteiger charge is -2.30. The van der Waals surface area contributed by atoms with Crippen molar-refractivity contribution >= 4 is 23.6 Å². The molecule has 11 heteroatoms. The zero-order valence-corrected chi connectivity index (χ0v) is 24.9. The number of halogens is 6. The van der Waals surface area contributed by atoms with E-state index < -0.39 is 58.9 Å². The number of hydrogen-bond donors (Lipinski definition) is 2. The van der Waals surface area contributed by atoms with Crippen LogP contribution in [0.3, 0.4) is 0 Å². The zero-order chi connectivity index (χ0) is 33.5. The summed E-state index contributed by atoms with van der Waals surface area (Å²) in [5, 5.41) is 5.30. The summed E-state index contributed by atoms with van der Waals surface area (Å²) in [6.07, 6.45) is -1.88. The van der Waals surface area contributed by atoms with Crippen LogP contribution >= 0.6 is 0 Å². The minimum absolute atomic E-state index is 0.218. The van der Waals surface area contributed by atoms with E-state index in [1.165, 1.54) is 7.11 Å². The number of benzene rings is 4. The maximum absolute atomic E-state index is 14.2. The number of hydrogen-bond acceptors (Lipinski definition) is 3. The van der Waals surface area contributed by atoms with Gasteiger partial charge in [0, 0.05) is 23.7 Å². The number of ether oxygens (including phenoxy) is 1. The van der Waals surface area contributed by atoms with Gasteiger partial charge in [-0.2, -0.15) is 13.2 Å². The minimum atomic E-state index is -4.98. The Morgan fingerprint density at radius 1 is 0.809 bits per heavy atom. The van der Waals surface area contributed by atoms with Crippen molar-refractivity contribution < 1.29 is 40.7 Å². The average Bonchev–Trinajstić information content (AvgIpc) is 3.57. The molecule has 2 aliphatic rings. The number of carbonyl (C=O) groups is 2. The van der Waals surface area contributed by atoms with Crippen molar-refractivity contribution in [3.63, 3.8) is 0 Å². The maximum Gasteiger partial charge on any atom is 0.419 e. The highest BCUT2D eigenvalue weighted by Gasteiger charge is 2.54. The van der Waals surface area contributed by atoms with E-state index in [2.05, 4.69) is 10.6 Å². The predicted molar refractivity (Wildman–Crippen MR) is 164 cm³/mol. The normalized spacial score (nSPS) is 21.1. The standard InChI is InChI=1S/C36H28F6N2O3/c1-47-31-18-30(39)29(38)17-26(31)34(45)44-33-24-12-11-23(25(24)15-19-6-5-9-21(14-19)20-7-3-2-4-8-20)32(33)35(46)43-22-10-13-28(37)27(16-22)36(40,41)42/h2-10,13-18,23-24,32-33H,11-12H2,1H3,(H,43,46)(H,44,45)/t23?,24?,32-,33+/m0/s1. The molecule has 2 unspecified atom stereocenters. The molecule has 4 aromatic carbocycles. The van der Waals surface area contributed by atoms with Crippen LogP contribution in [0.5, 0.6) is 5.75 Å². The van der Waals surface area contributed by atoms with E-state index in [-0.39, 0.29) is 22.9 Å². The van der Waals surface area contributed by atoms with Crippen LogP contribution in [0, 0.1) is 35.2 Å². The fraction of sp³-hybridized carbons (Fsp3) is 0.222. The average molecular weight is 651 g/mol. The largest absolute Gasteiger partial charge is 0.496 e. The van der Waals surface area contributed by atoms with E-state index in [9.17, 15) is 35.9 Å². The van der Waals surface area contributed by atoms with Crippen molar-refractivity contribution in [3.8, 4) is 16.9 Å². The molecule has 0 aromatic heterocycles. The van der Waals surface area contributed by atoms with Crippen LogP contribution in [-0.4, -0.2) is 25.0 Å². The molecule has 47 heavy (non-hydrogen) atoms. The second-order valence-electron chi connectivity index (χ2n) is 11.6. The van der Waals surface area contributed by atoms with Gasteiger partial charge in [-0.1, -0.05) is 60.2 Å². The fourth-order valence-electron chi connectivity index (χ4n) is 6.77. The summed E-state index contributed by atoms with van der Waals surface area (Å²) >= 11 is 0. The van der Waals surface area contributed by atoms with Gasteiger partial charge < -0.3 is 15.4 Å². The Kier molecular flexibility index (Phi) is 8.57. The molecule has 4 atom stereocenters. The monoisotopic (exact) mass is 650 g/mol. The molecule has 2 N–H and O–H groups in total. The van der Waals surface area contributed by atoms with Crippen LogP contribution < -0.4 is 15.4 Å². The SMILES string of the molecule is COc1cc(F)c(F)cc1C(=O)N[C@@H]1C2CCC(C2=Cc2cccc(-c3ccccc3)c2)[C@@H]1C(=O)Nc1ccc(F)c(C(F)(F)F)c1. The van der Waals surface area contributed by atoms with Crippen molar-refractivity contribution in [2.24, 2.45) is 17.8 Å². The first kappa shape index (κ1) is 31.9. The predicted octanol–water partition coefficient (Wildman–Crippen LogP) is 8.28. The Bertz CT molecular complexity index is 1870. The van der Waals surface area contributed by atoms with Crippen molar-refractivity contribution in [2.45, 2.75) is 25.1 Å². The number of alkyl halides is 3. The summed E-state index contributed by atoms with van der Waals surface area (Å²) in [7, 11) is 1.19. The van der Waals surface area contributed by atoms with E-state index in [1.54, 1.807) is 0 Å². The molecule has 0 spiro atoms. The topological polar surface area (TPSA) is 67.4 Å².